The minimum absolute atomic E-state index is 0.105. The van der Waals surface area contributed by atoms with Gasteiger partial charge in [-0.05, 0) is 24.1 Å². The molecule has 1 amide bonds. The summed E-state index contributed by atoms with van der Waals surface area (Å²) in [4.78, 5) is 39.5. The van der Waals surface area contributed by atoms with E-state index in [1.807, 2.05) is 24.3 Å². The zero-order chi connectivity index (χ0) is 21.3. The number of carbonyl (C=O) groups excluding carboxylic acids is 3. The zero-order valence-electron chi connectivity index (χ0n) is 17.0. The van der Waals surface area contributed by atoms with Crippen molar-refractivity contribution in [1.82, 2.24) is 4.90 Å². The topological polar surface area (TPSA) is 91.4 Å². The van der Waals surface area contributed by atoms with Gasteiger partial charge in [-0.3, -0.25) is 4.79 Å². The summed E-state index contributed by atoms with van der Waals surface area (Å²) in [5, 5.41) is 0. The first-order valence-corrected chi connectivity index (χ1v) is 9.96. The van der Waals surface area contributed by atoms with Crippen LogP contribution >= 0.6 is 0 Å². The van der Waals surface area contributed by atoms with E-state index in [0.717, 1.165) is 5.56 Å². The largest absolute Gasteiger partial charge is 0.497 e. The van der Waals surface area contributed by atoms with Gasteiger partial charge in [0.15, 0.2) is 6.04 Å². The van der Waals surface area contributed by atoms with Crippen molar-refractivity contribution in [2.75, 3.05) is 20.8 Å². The molecule has 8 heteroatoms. The Morgan fingerprint density at radius 3 is 2.73 bits per heavy atom. The molecule has 0 N–H and O–H groups in total. The lowest BCUT2D eigenvalue weighted by atomic mass is 9.81. The summed E-state index contributed by atoms with van der Waals surface area (Å²) in [5.41, 5.74) is -0.507. The van der Waals surface area contributed by atoms with Crippen LogP contribution in [0.5, 0.6) is 5.75 Å². The smallest absolute Gasteiger partial charge is 0.331 e. The maximum absolute atomic E-state index is 13.6. The van der Waals surface area contributed by atoms with Gasteiger partial charge in [0, 0.05) is 13.0 Å². The molecule has 0 radical (unpaired) electrons. The Balaban J connectivity index is 1.74. The van der Waals surface area contributed by atoms with Gasteiger partial charge in [-0.1, -0.05) is 24.3 Å². The van der Waals surface area contributed by atoms with Crippen LogP contribution in [0, 0.1) is 5.92 Å². The number of hydrogen-bond acceptors (Lipinski definition) is 7. The molecule has 3 aliphatic heterocycles. The second-order valence-electron chi connectivity index (χ2n) is 7.68. The number of carbonyl (C=O) groups is 3. The summed E-state index contributed by atoms with van der Waals surface area (Å²) in [6.07, 6.45) is 4.06. The summed E-state index contributed by atoms with van der Waals surface area (Å²) in [6, 6.07) is 6.19. The highest BCUT2D eigenvalue weighted by Gasteiger charge is 2.71. The molecule has 0 saturated carbocycles. The van der Waals surface area contributed by atoms with Crippen molar-refractivity contribution in [1.29, 1.82) is 0 Å². The van der Waals surface area contributed by atoms with Crippen LogP contribution in [0.3, 0.4) is 0 Å². The van der Waals surface area contributed by atoms with E-state index in [-0.39, 0.29) is 18.9 Å². The Labute approximate surface area is 174 Å². The Kier molecular flexibility index (Phi) is 5.62. The number of nitrogens with zero attached hydrogens (tertiary/aromatic N) is 1. The lowest BCUT2D eigenvalue weighted by Gasteiger charge is -2.33. The van der Waals surface area contributed by atoms with Crippen molar-refractivity contribution in [2.24, 2.45) is 5.92 Å². The molecule has 0 unspecified atom stereocenters. The first kappa shape index (κ1) is 20.6. The lowest BCUT2D eigenvalue weighted by Crippen LogP contribution is -2.53. The maximum atomic E-state index is 13.6. The number of benzene rings is 1. The lowest BCUT2D eigenvalue weighted by molar-refractivity contribution is -0.160. The van der Waals surface area contributed by atoms with E-state index in [2.05, 4.69) is 0 Å². The van der Waals surface area contributed by atoms with Crippen LogP contribution in [0.2, 0.25) is 0 Å². The minimum atomic E-state index is -1.32. The first-order valence-electron chi connectivity index (χ1n) is 9.96. The Hall–Kier alpha value is -2.71. The molecule has 0 spiro atoms. The van der Waals surface area contributed by atoms with Gasteiger partial charge in [0.2, 0.25) is 5.91 Å². The van der Waals surface area contributed by atoms with Gasteiger partial charge in [-0.15, -0.1) is 0 Å². The van der Waals surface area contributed by atoms with Crippen LogP contribution < -0.4 is 4.74 Å². The second-order valence-corrected chi connectivity index (χ2v) is 7.68. The van der Waals surface area contributed by atoms with Crippen LogP contribution in [-0.2, 0) is 35.1 Å². The molecule has 0 aromatic heterocycles. The van der Waals surface area contributed by atoms with Crippen molar-refractivity contribution in [3.63, 3.8) is 0 Å². The van der Waals surface area contributed by atoms with Gasteiger partial charge in [0.25, 0.3) is 0 Å². The first-order chi connectivity index (χ1) is 14.6. The number of hydrogen-bond donors (Lipinski definition) is 0. The summed E-state index contributed by atoms with van der Waals surface area (Å²) in [7, 11) is 2.84. The van der Waals surface area contributed by atoms with Gasteiger partial charge in [0.1, 0.15) is 29.8 Å². The number of amides is 1. The van der Waals surface area contributed by atoms with Crippen molar-refractivity contribution in [3.8, 4) is 5.75 Å². The van der Waals surface area contributed by atoms with Crippen molar-refractivity contribution >= 4 is 18.2 Å². The predicted molar refractivity (Wildman–Crippen MR) is 105 cm³/mol. The van der Waals surface area contributed by atoms with Crippen LogP contribution in [0.1, 0.15) is 18.4 Å². The highest BCUT2D eigenvalue weighted by Crippen LogP contribution is 2.51. The number of esters is 1. The fraction of sp³-hybridized carbons (Fsp3) is 0.500. The molecule has 1 aromatic rings. The summed E-state index contributed by atoms with van der Waals surface area (Å²) in [6.45, 7) is 0.625. The number of likely N-dealkylation sites (tertiary alicyclic amines) is 1. The van der Waals surface area contributed by atoms with Crippen LogP contribution in [0.25, 0.3) is 0 Å². The third-order valence-electron chi connectivity index (χ3n) is 6.12. The van der Waals surface area contributed by atoms with E-state index in [1.54, 1.807) is 19.2 Å². The highest BCUT2D eigenvalue weighted by molar-refractivity contribution is 5.94. The van der Waals surface area contributed by atoms with Crippen molar-refractivity contribution in [2.45, 2.75) is 43.2 Å². The fourth-order valence-electron chi connectivity index (χ4n) is 4.81. The molecular formula is C22H25NO7. The van der Waals surface area contributed by atoms with E-state index in [4.69, 9.17) is 18.9 Å². The maximum Gasteiger partial charge on any atom is 0.331 e. The number of ether oxygens (including phenoxy) is 4. The van der Waals surface area contributed by atoms with Gasteiger partial charge in [0.05, 0.1) is 26.7 Å². The average Bonchev–Trinajstić information content (AvgIpc) is 3.04. The zero-order valence-corrected chi connectivity index (χ0v) is 17.0. The third kappa shape index (κ3) is 3.20. The minimum Gasteiger partial charge on any atom is -0.497 e. The molecule has 4 rings (SSSR count). The molecule has 0 bridgehead atoms. The molecule has 3 heterocycles. The van der Waals surface area contributed by atoms with Gasteiger partial charge in [-0.2, -0.15) is 0 Å². The molecule has 2 saturated heterocycles. The number of methoxy groups -OCH3 is 2. The summed E-state index contributed by atoms with van der Waals surface area (Å²) in [5.74, 6) is -0.958. The van der Waals surface area contributed by atoms with Gasteiger partial charge < -0.3 is 28.6 Å². The third-order valence-corrected chi connectivity index (χ3v) is 6.12. The molecule has 8 nitrogen and oxygen atoms in total. The molecule has 5 atom stereocenters. The molecule has 1 aromatic carbocycles. The van der Waals surface area contributed by atoms with E-state index >= 15 is 0 Å². The monoisotopic (exact) mass is 415 g/mol. The van der Waals surface area contributed by atoms with Crippen molar-refractivity contribution < 1.29 is 33.3 Å². The van der Waals surface area contributed by atoms with E-state index in [0.29, 0.717) is 25.1 Å². The number of fused-ring (bicyclic) bond motifs is 3. The highest BCUT2D eigenvalue weighted by atomic mass is 16.6. The Morgan fingerprint density at radius 2 is 2.07 bits per heavy atom. The van der Waals surface area contributed by atoms with Gasteiger partial charge >= 0.3 is 5.97 Å². The standard InChI is InChI=1S/C22H25NO7/c1-27-15-8-6-14(7-9-15)13-23-19(21(26)28-2)22(10-11-24)17(20(23)25)18-16(30-22)5-3-4-12-29-18/h3,5-9,11,16-19H,4,10,12-13H2,1-2H3/t16-,17+,18+,19-,22+/m1/s1. The number of rotatable bonds is 6. The molecule has 0 aliphatic carbocycles. The Morgan fingerprint density at radius 1 is 1.30 bits per heavy atom. The normalized spacial score (nSPS) is 32.3. The quantitative estimate of drug-likeness (QED) is 0.393. The fourth-order valence-corrected chi connectivity index (χ4v) is 4.81. The van der Waals surface area contributed by atoms with Gasteiger partial charge in [-0.25, -0.2) is 4.79 Å². The molecule has 160 valence electrons. The molecule has 30 heavy (non-hydrogen) atoms. The molecule has 3 aliphatic rings. The van der Waals surface area contributed by atoms with E-state index < -0.39 is 35.7 Å². The van der Waals surface area contributed by atoms with Crippen LogP contribution in [0.4, 0.5) is 0 Å². The Bertz CT molecular complexity index is 852. The van der Waals surface area contributed by atoms with Crippen LogP contribution in [0.15, 0.2) is 36.4 Å². The van der Waals surface area contributed by atoms with E-state index in [9.17, 15) is 14.4 Å². The van der Waals surface area contributed by atoms with Crippen LogP contribution in [-0.4, -0.2) is 67.7 Å². The number of aldehydes is 1. The summed E-state index contributed by atoms with van der Waals surface area (Å²) < 4.78 is 22.5. The second kappa shape index (κ2) is 8.20. The predicted octanol–water partition coefficient (Wildman–Crippen LogP) is 1.27. The molecule has 2 fully saturated rings. The average molecular weight is 415 g/mol. The van der Waals surface area contributed by atoms with Crippen molar-refractivity contribution in [3.05, 3.63) is 42.0 Å². The van der Waals surface area contributed by atoms with E-state index in [1.165, 1.54) is 12.0 Å². The SMILES string of the molecule is COC(=O)[C@H]1N(Cc2ccc(OC)cc2)C(=O)[C@@H]2[C@H]3OCCC=C[C@H]3O[C@@]21CC=O. The summed E-state index contributed by atoms with van der Waals surface area (Å²) >= 11 is 0. The molecular weight excluding hydrogens is 390 g/mol.